The van der Waals surface area contributed by atoms with Crippen molar-refractivity contribution in [2.75, 3.05) is 24.7 Å². The summed E-state index contributed by atoms with van der Waals surface area (Å²) in [5.41, 5.74) is 3.14. The molecule has 154 valence electrons. The summed E-state index contributed by atoms with van der Waals surface area (Å²) < 4.78 is 24.0. The first kappa shape index (κ1) is 21.1. The average Bonchev–Trinajstić information content (AvgIpc) is 3.10. The first-order valence-electron chi connectivity index (χ1n) is 9.77. The Morgan fingerprint density at radius 1 is 1.17 bits per heavy atom. The number of anilines is 1. The van der Waals surface area contributed by atoms with Crippen molar-refractivity contribution in [3.05, 3.63) is 72.3 Å². The standard InChI is InChI=1S/C23H28N2O3S/c1-5-23(26)25-14-21(18-9-7-11-20(13-18)29(4,27)28)22(15-25)24-19-10-6-8-17(12-19)16(2)3/h5-13,16,21-22,24H,1,14-15H2,2-4H3/t21-,22+/m0/s1. The molecule has 0 spiro atoms. The van der Waals surface area contributed by atoms with E-state index in [1.54, 1.807) is 23.1 Å². The molecule has 1 fully saturated rings. The van der Waals surface area contributed by atoms with Gasteiger partial charge in [0.2, 0.25) is 5.91 Å². The van der Waals surface area contributed by atoms with Gasteiger partial charge in [-0.05, 0) is 47.4 Å². The molecule has 0 radical (unpaired) electrons. The zero-order valence-corrected chi connectivity index (χ0v) is 17.9. The van der Waals surface area contributed by atoms with Gasteiger partial charge >= 0.3 is 0 Å². The summed E-state index contributed by atoms with van der Waals surface area (Å²) in [5, 5.41) is 3.57. The fraction of sp³-hybridized carbons (Fsp3) is 0.348. The molecule has 1 amide bonds. The number of carbonyl (C=O) groups is 1. The number of rotatable bonds is 6. The van der Waals surface area contributed by atoms with Gasteiger partial charge in [-0.3, -0.25) is 4.79 Å². The maximum absolute atomic E-state index is 12.2. The normalized spacial score (nSPS) is 19.4. The van der Waals surface area contributed by atoms with Crippen molar-refractivity contribution < 1.29 is 13.2 Å². The molecule has 29 heavy (non-hydrogen) atoms. The molecule has 3 rings (SSSR count). The van der Waals surface area contributed by atoms with Gasteiger partial charge in [0.15, 0.2) is 9.84 Å². The van der Waals surface area contributed by atoms with Crippen LogP contribution in [0.5, 0.6) is 0 Å². The Morgan fingerprint density at radius 2 is 1.90 bits per heavy atom. The Kier molecular flexibility index (Phi) is 6.13. The van der Waals surface area contributed by atoms with Crippen LogP contribution in [0.4, 0.5) is 5.69 Å². The zero-order chi connectivity index (χ0) is 21.2. The molecular formula is C23H28N2O3S. The number of carbonyl (C=O) groups excluding carboxylic acids is 1. The third kappa shape index (κ3) is 4.88. The Bertz CT molecular complexity index is 1010. The van der Waals surface area contributed by atoms with Crippen LogP contribution in [-0.2, 0) is 14.6 Å². The Balaban J connectivity index is 1.93. The van der Waals surface area contributed by atoms with E-state index in [4.69, 9.17) is 0 Å². The maximum Gasteiger partial charge on any atom is 0.246 e. The third-order valence-electron chi connectivity index (χ3n) is 5.43. The van der Waals surface area contributed by atoms with Gasteiger partial charge in [0.25, 0.3) is 0 Å². The molecule has 0 aromatic heterocycles. The second-order valence-electron chi connectivity index (χ2n) is 7.93. The predicted octanol–water partition coefficient (Wildman–Crippen LogP) is 3.81. The van der Waals surface area contributed by atoms with Crippen molar-refractivity contribution in [3.63, 3.8) is 0 Å². The van der Waals surface area contributed by atoms with Crippen molar-refractivity contribution in [2.45, 2.75) is 36.6 Å². The van der Waals surface area contributed by atoms with Gasteiger partial charge in [0.05, 0.1) is 10.9 Å². The van der Waals surface area contributed by atoms with Crippen LogP contribution in [0, 0.1) is 0 Å². The van der Waals surface area contributed by atoms with Gasteiger partial charge in [0.1, 0.15) is 0 Å². The monoisotopic (exact) mass is 412 g/mol. The highest BCUT2D eigenvalue weighted by Crippen LogP contribution is 2.32. The van der Waals surface area contributed by atoms with E-state index in [9.17, 15) is 13.2 Å². The highest BCUT2D eigenvalue weighted by atomic mass is 32.2. The first-order valence-corrected chi connectivity index (χ1v) is 11.7. The SMILES string of the molecule is C=CC(=O)N1C[C@@H](Nc2cccc(C(C)C)c2)[C@H](c2cccc(S(C)(=O)=O)c2)C1. The van der Waals surface area contributed by atoms with Crippen LogP contribution in [0.2, 0.25) is 0 Å². The van der Waals surface area contributed by atoms with E-state index >= 15 is 0 Å². The van der Waals surface area contributed by atoms with E-state index in [1.165, 1.54) is 17.9 Å². The molecule has 1 N–H and O–H groups in total. The molecule has 1 aliphatic rings. The van der Waals surface area contributed by atoms with Crippen molar-refractivity contribution in [2.24, 2.45) is 0 Å². The second kappa shape index (κ2) is 8.41. The average molecular weight is 413 g/mol. The summed E-state index contributed by atoms with van der Waals surface area (Å²) in [6.45, 7) is 8.95. The number of nitrogens with one attached hydrogen (secondary N) is 1. The highest BCUT2D eigenvalue weighted by molar-refractivity contribution is 7.90. The number of hydrogen-bond acceptors (Lipinski definition) is 4. The van der Waals surface area contributed by atoms with E-state index in [0.717, 1.165) is 11.3 Å². The van der Waals surface area contributed by atoms with Crippen molar-refractivity contribution in [3.8, 4) is 0 Å². The molecule has 1 saturated heterocycles. The number of hydrogen-bond donors (Lipinski definition) is 1. The van der Waals surface area contributed by atoms with Crippen LogP contribution < -0.4 is 5.32 Å². The van der Waals surface area contributed by atoms with E-state index in [2.05, 4.69) is 37.9 Å². The smallest absolute Gasteiger partial charge is 0.246 e. The second-order valence-corrected chi connectivity index (χ2v) is 9.95. The molecule has 0 saturated carbocycles. The lowest BCUT2D eigenvalue weighted by atomic mass is 9.94. The summed E-state index contributed by atoms with van der Waals surface area (Å²) >= 11 is 0. The fourth-order valence-corrected chi connectivity index (χ4v) is 4.45. The molecule has 0 aliphatic carbocycles. The highest BCUT2D eigenvalue weighted by Gasteiger charge is 2.35. The first-order chi connectivity index (χ1) is 13.7. The van der Waals surface area contributed by atoms with Gasteiger partial charge in [-0.2, -0.15) is 0 Å². The van der Waals surface area contributed by atoms with Crippen LogP contribution >= 0.6 is 0 Å². The Morgan fingerprint density at radius 3 is 2.55 bits per heavy atom. The molecule has 0 unspecified atom stereocenters. The van der Waals surface area contributed by atoms with Crippen LogP contribution in [0.25, 0.3) is 0 Å². The van der Waals surface area contributed by atoms with Gasteiger partial charge in [0, 0.05) is 31.0 Å². The van der Waals surface area contributed by atoms with Gasteiger partial charge in [-0.15, -0.1) is 0 Å². The van der Waals surface area contributed by atoms with Crippen LogP contribution in [0.15, 0.2) is 66.1 Å². The fourth-order valence-electron chi connectivity index (χ4n) is 3.77. The van der Waals surface area contributed by atoms with E-state index in [0.29, 0.717) is 23.9 Å². The summed E-state index contributed by atoms with van der Waals surface area (Å²) in [7, 11) is -3.30. The van der Waals surface area contributed by atoms with Gasteiger partial charge < -0.3 is 10.2 Å². The topological polar surface area (TPSA) is 66.5 Å². The quantitative estimate of drug-likeness (QED) is 0.733. The van der Waals surface area contributed by atoms with Crippen LogP contribution in [0.3, 0.4) is 0 Å². The number of likely N-dealkylation sites (tertiary alicyclic amines) is 1. The molecule has 2 aromatic rings. The molecular weight excluding hydrogens is 384 g/mol. The van der Waals surface area contributed by atoms with E-state index in [-0.39, 0.29) is 17.9 Å². The maximum atomic E-state index is 12.2. The predicted molar refractivity (Wildman–Crippen MR) is 117 cm³/mol. The molecule has 1 heterocycles. The zero-order valence-electron chi connectivity index (χ0n) is 17.1. The summed E-state index contributed by atoms with van der Waals surface area (Å²) in [5.74, 6) is 0.277. The Labute approximate surface area is 173 Å². The van der Waals surface area contributed by atoms with Gasteiger partial charge in [-0.1, -0.05) is 44.7 Å². The lowest BCUT2D eigenvalue weighted by molar-refractivity contribution is -0.125. The molecule has 2 atom stereocenters. The van der Waals surface area contributed by atoms with Crippen molar-refractivity contribution in [1.29, 1.82) is 0 Å². The largest absolute Gasteiger partial charge is 0.380 e. The molecule has 5 nitrogen and oxygen atoms in total. The Hall–Kier alpha value is -2.60. The minimum absolute atomic E-state index is 0.0247. The molecule has 6 heteroatoms. The summed E-state index contributed by atoms with van der Waals surface area (Å²) in [6, 6.07) is 15.3. The number of sulfone groups is 1. The van der Waals surface area contributed by atoms with Crippen molar-refractivity contribution in [1.82, 2.24) is 4.90 Å². The van der Waals surface area contributed by atoms with Crippen molar-refractivity contribution >= 4 is 21.4 Å². The van der Waals surface area contributed by atoms with Gasteiger partial charge in [-0.25, -0.2) is 8.42 Å². The molecule has 1 aliphatic heterocycles. The van der Waals surface area contributed by atoms with E-state index in [1.807, 2.05) is 18.2 Å². The third-order valence-corrected chi connectivity index (χ3v) is 6.54. The van der Waals surface area contributed by atoms with E-state index < -0.39 is 9.84 Å². The minimum Gasteiger partial charge on any atom is -0.380 e. The minimum atomic E-state index is -3.30. The number of nitrogens with zero attached hydrogens (tertiary/aromatic N) is 1. The lowest BCUT2D eigenvalue weighted by Crippen LogP contribution is -2.30. The molecule has 2 aromatic carbocycles. The summed E-state index contributed by atoms with van der Waals surface area (Å²) in [6.07, 6.45) is 2.53. The number of benzene rings is 2. The summed E-state index contributed by atoms with van der Waals surface area (Å²) in [4.78, 5) is 14.3. The number of amides is 1. The van der Waals surface area contributed by atoms with Crippen LogP contribution in [0.1, 0.15) is 36.8 Å². The lowest BCUT2D eigenvalue weighted by Gasteiger charge is -2.22. The van der Waals surface area contributed by atoms with Crippen LogP contribution in [-0.4, -0.2) is 44.6 Å². The molecule has 0 bridgehead atoms.